The van der Waals surface area contributed by atoms with E-state index in [1.807, 2.05) is 66.7 Å². The largest absolute Gasteiger partial charge is 0.488 e. The topological polar surface area (TPSA) is 43.6 Å². The fourth-order valence-electron chi connectivity index (χ4n) is 4.09. The second-order valence-corrected chi connectivity index (χ2v) is 9.67. The van der Waals surface area contributed by atoms with Crippen molar-refractivity contribution in [2.75, 3.05) is 0 Å². The predicted octanol–water partition coefficient (Wildman–Crippen LogP) is 5.95. The maximum atomic E-state index is 13.2. The molecule has 2 heterocycles. The summed E-state index contributed by atoms with van der Waals surface area (Å²) in [7, 11) is 0. The Labute approximate surface area is 201 Å². The van der Waals surface area contributed by atoms with Crippen molar-refractivity contribution < 1.29 is 4.74 Å². The highest BCUT2D eigenvalue weighted by molar-refractivity contribution is 9.10. The molecule has 0 spiro atoms. The standard InChI is InChI=1S/C27H17BrN2O2S/c28-20-12-13-24(32-16-18-8-5-7-17-6-1-2-9-21(17)18)19(14-20)15-25-26(31)30-23-11-4-3-10-22(23)29-27(30)33-25/h1-15H,16H2/b25-15-. The fourth-order valence-corrected chi connectivity index (χ4v) is 5.45. The molecule has 6 rings (SSSR count). The molecule has 0 fully saturated rings. The minimum atomic E-state index is -0.0660. The average Bonchev–Trinajstić information content (AvgIpc) is 3.34. The van der Waals surface area contributed by atoms with E-state index in [0.717, 1.165) is 32.4 Å². The highest BCUT2D eigenvalue weighted by Gasteiger charge is 2.12. The summed E-state index contributed by atoms with van der Waals surface area (Å²) in [6.07, 6.45) is 1.89. The van der Waals surface area contributed by atoms with Crippen molar-refractivity contribution in [2.24, 2.45) is 0 Å². The van der Waals surface area contributed by atoms with Gasteiger partial charge in [0, 0.05) is 10.0 Å². The lowest BCUT2D eigenvalue weighted by molar-refractivity contribution is 0.307. The minimum absolute atomic E-state index is 0.0660. The van der Waals surface area contributed by atoms with E-state index in [9.17, 15) is 4.79 Å². The number of ether oxygens (including phenoxy) is 1. The van der Waals surface area contributed by atoms with Gasteiger partial charge in [-0.25, -0.2) is 9.38 Å². The van der Waals surface area contributed by atoms with Crippen LogP contribution in [-0.2, 0) is 6.61 Å². The van der Waals surface area contributed by atoms with Crippen LogP contribution in [0.4, 0.5) is 0 Å². The minimum Gasteiger partial charge on any atom is -0.488 e. The van der Waals surface area contributed by atoms with Gasteiger partial charge in [0.2, 0.25) is 0 Å². The Morgan fingerprint density at radius 2 is 1.79 bits per heavy atom. The molecule has 0 saturated carbocycles. The number of halogens is 1. The molecule has 6 heteroatoms. The first-order valence-corrected chi connectivity index (χ1v) is 12.1. The van der Waals surface area contributed by atoms with Gasteiger partial charge in [-0.2, -0.15) is 0 Å². The number of nitrogens with zero attached hydrogens (tertiary/aromatic N) is 2. The van der Waals surface area contributed by atoms with Crippen LogP contribution in [0, 0.1) is 0 Å². The number of hydrogen-bond acceptors (Lipinski definition) is 4. The second kappa shape index (κ2) is 8.14. The van der Waals surface area contributed by atoms with Crippen LogP contribution in [0.25, 0.3) is 32.8 Å². The number of imidazole rings is 1. The van der Waals surface area contributed by atoms with E-state index < -0.39 is 0 Å². The van der Waals surface area contributed by atoms with Crippen LogP contribution in [0.2, 0.25) is 0 Å². The molecule has 0 aliphatic heterocycles. The predicted molar refractivity (Wildman–Crippen MR) is 138 cm³/mol. The molecule has 4 aromatic carbocycles. The molecule has 0 amide bonds. The zero-order valence-corrected chi connectivity index (χ0v) is 19.8. The summed E-state index contributed by atoms with van der Waals surface area (Å²) in [6.45, 7) is 0.437. The molecule has 0 aliphatic carbocycles. The molecule has 33 heavy (non-hydrogen) atoms. The number of benzene rings is 4. The van der Waals surface area contributed by atoms with Gasteiger partial charge in [0.1, 0.15) is 12.4 Å². The first-order chi connectivity index (χ1) is 16.2. The van der Waals surface area contributed by atoms with Crippen molar-refractivity contribution >= 4 is 60.1 Å². The van der Waals surface area contributed by atoms with Crippen LogP contribution in [0.3, 0.4) is 0 Å². The van der Waals surface area contributed by atoms with E-state index in [2.05, 4.69) is 45.2 Å². The highest BCUT2D eigenvalue weighted by atomic mass is 79.9. The Morgan fingerprint density at radius 3 is 2.73 bits per heavy atom. The van der Waals surface area contributed by atoms with Crippen molar-refractivity contribution in [3.05, 3.63) is 115 Å². The van der Waals surface area contributed by atoms with Crippen LogP contribution >= 0.6 is 27.3 Å². The third-order valence-electron chi connectivity index (χ3n) is 5.67. The molecule has 0 unspecified atom stereocenters. The Bertz CT molecular complexity index is 1770. The average molecular weight is 513 g/mol. The van der Waals surface area contributed by atoms with Gasteiger partial charge in [0.15, 0.2) is 4.96 Å². The van der Waals surface area contributed by atoms with Crippen LogP contribution in [-0.4, -0.2) is 9.38 Å². The van der Waals surface area contributed by atoms with Crippen molar-refractivity contribution in [1.29, 1.82) is 0 Å². The summed E-state index contributed by atoms with van der Waals surface area (Å²) >= 11 is 4.94. The monoisotopic (exact) mass is 512 g/mol. The third-order valence-corrected chi connectivity index (χ3v) is 7.13. The van der Waals surface area contributed by atoms with Crippen LogP contribution in [0.5, 0.6) is 5.75 Å². The zero-order chi connectivity index (χ0) is 22.4. The highest BCUT2D eigenvalue weighted by Crippen LogP contribution is 2.27. The fraction of sp³-hybridized carbons (Fsp3) is 0.0370. The van der Waals surface area contributed by atoms with E-state index in [4.69, 9.17) is 4.74 Å². The van der Waals surface area contributed by atoms with Crippen molar-refractivity contribution in [2.45, 2.75) is 6.61 Å². The molecule has 4 nitrogen and oxygen atoms in total. The molecule has 6 aromatic rings. The van der Waals surface area contributed by atoms with Gasteiger partial charge in [-0.3, -0.25) is 4.79 Å². The summed E-state index contributed by atoms with van der Waals surface area (Å²) in [4.78, 5) is 18.5. The first-order valence-electron chi connectivity index (χ1n) is 10.5. The smallest absolute Gasteiger partial charge is 0.274 e. The van der Waals surface area contributed by atoms with Gasteiger partial charge in [0.05, 0.1) is 15.6 Å². The zero-order valence-electron chi connectivity index (χ0n) is 17.4. The number of rotatable bonds is 4. The Balaban J connectivity index is 1.41. The van der Waals surface area contributed by atoms with Gasteiger partial charge in [-0.05, 0) is 52.7 Å². The number of para-hydroxylation sites is 2. The van der Waals surface area contributed by atoms with Crippen molar-refractivity contribution in [1.82, 2.24) is 9.38 Å². The molecule has 0 bridgehead atoms. The van der Waals surface area contributed by atoms with E-state index in [0.29, 0.717) is 16.1 Å². The van der Waals surface area contributed by atoms with Crippen LogP contribution in [0.1, 0.15) is 11.1 Å². The number of aromatic nitrogens is 2. The maximum Gasteiger partial charge on any atom is 0.274 e. The Kier molecular flexibility index (Phi) is 4.97. The summed E-state index contributed by atoms with van der Waals surface area (Å²) in [6, 6.07) is 28.1. The SMILES string of the molecule is O=c1/c(=C/c2cc(Br)ccc2OCc2cccc3ccccc23)sc2nc3ccccc3n12. The van der Waals surface area contributed by atoms with E-state index in [-0.39, 0.29) is 5.56 Å². The third kappa shape index (κ3) is 3.61. The van der Waals surface area contributed by atoms with Gasteiger partial charge in [-0.15, -0.1) is 0 Å². The second-order valence-electron chi connectivity index (χ2n) is 7.74. The molecular weight excluding hydrogens is 496 g/mol. The lowest BCUT2D eigenvalue weighted by Gasteiger charge is -2.11. The number of hydrogen-bond donors (Lipinski definition) is 0. The summed E-state index contributed by atoms with van der Waals surface area (Å²) in [5, 5.41) is 2.36. The molecule has 160 valence electrons. The van der Waals surface area contributed by atoms with E-state index in [1.165, 1.54) is 22.1 Å². The molecule has 0 radical (unpaired) electrons. The molecule has 2 aromatic heterocycles. The summed E-state index contributed by atoms with van der Waals surface area (Å²) in [5.74, 6) is 0.724. The lowest BCUT2D eigenvalue weighted by atomic mass is 10.1. The van der Waals surface area contributed by atoms with E-state index in [1.54, 1.807) is 4.40 Å². The number of fused-ring (bicyclic) bond motifs is 4. The van der Waals surface area contributed by atoms with Crippen molar-refractivity contribution in [3.8, 4) is 5.75 Å². The lowest BCUT2D eigenvalue weighted by Crippen LogP contribution is -2.22. The first kappa shape index (κ1) is 20.1. The normalized spacial score (nSPS) is 12.2. The van der Waals surface area contributed by atoms with Crippen LogP contribution < -0.4 is 14.8 Å². The Hall–Kier alpha value is -3.48. The van der Waals surface area contributed by atoms with E-state index >= 15 is 0 Å². The maximum absolute atomic E-state index is 13.2. The molecule has 0 saturated heterocycles. The molecule has 0 atom stereocenters. The van der Waals surface area contributed by atoms with Crippen molar-refractivity contribution in [3.63, 3.8) is 0 Å². The van der Waals surface area contributed by atoms with Gasteiger partial charge in [-0.1, -0.05) is 81.9 Å². The Morgan fingerprint density at radius 1 is 0.970 bits per heavy atom. The number of thiazole rings is 1. The summed E-state index contributed by atoms with van der Waals surface area (Å²) < 4.78 is 9.48. The molecule has 0 aliphatic rings. The molecule has 0 N–H and O–H groups in total. The summed E-state index contributed by atoms with van der Waals surface area (Å²) in [5.41, 5.74) is 3.55. The molecular formula is C27H17BrN2O2S. The van der Waals surface area contributed by atoms with Gasteiger partial charge >= 0.3 is 0 Å². The quantitative estimate of drug-likeness (QED) is 0.293. The van der Waals surface area contributed by atoms with Gasteiger partial charge in [0.25, 0.3) is 5.56 Å². The van der Waals surface area contributed by atoms with Gasteiger partial charge < -0.3 is 4.74 Å². The van der Waals surface area contributed by atoms with Crippen LogP contribution in [0.15, 0.2) is 94.2 Å².